The van der Waals surface area contributed by atoms with Crippen molar-refractivity contribution in [2.24, 2.45) is 22.7 Å². The Hall–Kier alpha value is -0.550. The van der Waals surface area contributed by atoms with Gasteiger partial charge in [0.1, 0.15) is 0 Å². The van der Waals surface area contributed by atoms with Gasteiger partial charge in [-0.2, -0.15) is 5.26 Å². The van der Waals surface area contributed by atoms with Gasteiger partial charge in [-0.05, 0) is 36.1 Å². The van der Waals surface area contributed by atoms with Crippen molar-refractivity contribution in [3.8, 4) is 6.07 Å². The van der Waals surface area contributed by atoms with Gasteiger partial charge in [-0.15, -0.1) is 0 Å². The fraction of sp³-hybridized carbons (Fsp3) is 0.933. The van der Waals surface area contributed by atoms with Crippen LogP contribution in [0.3, 0.4) is 0 Å². The van der Waals surface area contributed by atoms with Gasteiger partial charge in [-0.3, -0.25) is 0 Å². The largest absolute Gasteiger partial charge is 0.312 e. The van der Waals surface area contributed by atoms with Crippen molar-refractivity contribution in [3.63, 3.8) is 0 Å². The van der Waals surface area contributed by atoms with Crippen molar-refractivity contribution in [2.45, 2.75) is 59.4 Å². The zero-order valence-corrected chi connectivity index (χ0v) is 11.7. The van der Waals surface area contributed by atoms with E-state index in [9.17, 15) is 0 Å². The van der Waals surface area contributed by atoms with E-state index >= 15 is 0 Å². The fourth-order valence-electron chi connectivity index (χ4n) is 3.64. The van der Waals surface area contributed by atoms with Crippen molar-refractivity contribution in [2.75, 3.05) is 6.54 Å². The lowest BCUT2D eigenvalue weighted by Crippen LogP contribution is -2.39. The summed E-state index contributed by atoms with van der Waals surface area (Å²) >= 11 is 0. The van der Waals surface area contributed by atoms with E-state index in [1.165, 1.54) is 19.3 Å². The molecule has 2 unspecified atom stereocenters. The first-order valence-corrected chi connectivity index (χ1v) is 7.04. The van der Waals surface area contributed by atoms with Gasteiger partial charge in [0.2, 0.25) is 0 Å². The predicted molar refractivity (Wildman–Crippen MR) is 70.4 cm³/mol. The van der Waals surface area contributed by atoms with Gasteiger partial charge < -0.3 is 5.32 Å². The highest BCUT2D eigenvalue weighted by Crippen LogP contribution is 2.67. The molecule has 2 saturated carbocycles. The number of nitriles is 1. The first-order chi connectivity index (χ1) is 7.91. The van der Waals surface area contributed by atoms with Crippen molar-refractivity contribution in [3.05, 3.63) is 0 Å². The predicted octanol–water partition coefficient (Wildman–Crippen LogP) is 3.34. The summed E-state index contributed by atoms with van der Waals surface area (Å²) in [5.74, 6) is 1.00. The van der Waals surface area contributed by atoms with E-state index in [1.807, 2.05) is 0 Å². The molecule has 2 aliphatic carbocycles. The standard InChI is InChI=1S/C15H26N2/c1-14(2)13(15(14,3)4)10-17-12-8-6-5-7-11(12)9-16/h11-13,17H,5-8,10H2,1-4H3. The summed E-state index contributed by atoms with van der Waals surface area (Å²) < 4.78 is 0. The van der Waals surface area contributed by atoms with Crippen LogP contribution >= 0.6 is 0 Å². The second-order valence-corrected chi connectivity index (χ2v) is 7.03. The second-order valence-electron chi connectivity index (χ2n) is 7.03. The summed E-state index contributed by atoms with van der Waals surface area (Å²) in [6, 6.07) is 2.92. The number of rotatable bonds is 3. The third kappa shape index (κ3) is 2.10. The molecule has 0 radical (unpaired) electrons. The number of nitrogens with zero attached hydrogens (tertiary/aromatic N) is 1. The Morgan fingerprint density at radius 1 is 1.12 bits per heavy atom. The smallest absolute Gasteiger partial charge is 0.0672 e. The second kappa shape index (κ2) is 4.28. The van der Waals surface area contributed by atoms with E-state index in [-0.39, 0.29) is 5.92 Å². The molecule has 2 heteroatoms. The summed E-state index contributed by atoms with van der Waals surface area (Å²) in [6.45, 7) is 10.5. The average molecular weight is 234 g/mol. The highest BCUT2D eigenvalue weighted by molar-refractivity contribution is 5.13. The van der Waals surface area contributed by atoms with Crippen molar-refractivity contribution < 1.29 is 0 Å². The van der Waals surface area contributed by atoms with Gasteiger partial charge in [-0.25, -0.2) is 0 Å². The molecule has 2 atom stereocenters. The normalized spacial score (nSPS) is 35.2. The van der Waals surface area contributed by atoms with Crippen LogP contribution in [0.1, 0.15) is 53.4 Å². The van der Waals surface area contributed by atoms with Crippen LogP contribution < -0.4 is 5.32 Å². The van der Waals surface area contributed by atoms with Gasteiger partial charge in [0.25, 0.3) is 0 Å². The minimum atomic E-state index is 0.244. The summed E-state index contributed by atoms with van der Waals surface area (Å²) in [4.78, 5) is 0. The van der Waals surface area contributed by atoms with Gasteiger partial charge in [0, 0.05) is 6.04 Å². The summed E-state index contributed by atoms with van der Waals surface area (Å²) in [7, 11) is 0. The zero-order chi connectivity index (χ0) is 12.7. The molecular weight excluding hydrogens is 208 g/mol. The Labute approximate surface area is 106 Å². The minimum absolute atomic E-state index is 0.244. The maximum atomic E-state index is 9.16. The van der Waals surface area contributed by atoms with Crippen LogP contribution in [0, 0.1) is 34.0 Å². The molecule has 0 aromatic rings. The first-order valence-electron chi connectivity index (χ1n) is 7.04. The number of nitrogens with one attached hydrogen (secondary N) is 1. The molecule has 0 saturated heterocycles. The molecule has 0 aromatic carbocycles. The molecular formula is C15H26N2. The van der Waals surface area contributed by atoms with E-state index in [0.717, 1.165) is 18.9 Å². The topological polar surface area (TPSA) is 35.8 Å². The highest BCUT2D eigenvalue weighted by atomic mass is 15.0. The van der Waals surface area contributed by atoms with Crippen molar-refractivity contribution in [1.82, 2.24) is 5.32 Å². The molecule has 0 bridgehead atoms. The summed E-state index contributed by atoms with van der Waals surface area (Å²) in [5.41, 5.74) is 0.910. The molecule has 17 heavy (non-hydrogen) atoms. The van der Waals surface area contributed by atoms with Crippen LogP contribution in [0.5, 0.6) is 0 Å². The lowest BCUT2D eigenvalue weighted by Gasteiger charge is -2.28. The van der Waals surface area contributed by atoms with E-state index in [4.69, 9.17) is 5.26 Å². The van der Waals surface area contributed by atoms with E-state index < -0.39 is 0 Å². The Balaban J connectivity index is 1.85. The monoisotopic (exact) mass is 234 g/mol. The lowest BCUT2D eigenvalue weighted by atomic mass is 9.85. The van der Waals surface area contributed by atoms with Crippen LogP contribution in [0.25, 0.3) is 0 Å². The van der Waals surface area contributed by atoms with Gasteiger partial charge in [0.15, 0.2) is 0 Å². The molecule has 0 aromatic heterocycles. The molecule has 1 N–H and O–H groups in total. The molecule has 0 spiro atoms. The Morgan fingerprint density at radius 3 is 2.24 bits per heavy atom. The molecule has 2 nitrogen and oxygen atoms in total. The number of hydrogen-bond donors (Lipinski definition) is 1. The van der Waals surface area contributed by atoms with Crippen LogP contribution in [-0.2, 0) is 0 Å². The molecule has 0 heterocycles. The van der Waals surface area contributed by atoms with E-state index in [2.05, 4.69) is 39.1 Å². The SMILES string of the molecule is CC1(C)C(CNC2CCCCC2C#N)C1(C)C. The minimum Gasteiger partial charge on any atom is -0.312 e. The maximum Gasteiger partial charge on any atom is 0.0672 e. The first kappa shape index (κ1) is 12.9. The lowest BCUT2D eigenvalue weighted by molar-refractivity contribution is 0.303. The zero-order valence-electron chi connectivity index (χ0n) is 11.7. The third-order valence-corrected chi connectivity index (χ3v) is 5.84. The van der Waals surface area contributed by atoms with Crippen molar-refractivity contribution in [1.29, 1.82) is 5.26 Å². The molecule has 0 aliphatic heterocycles. The Kier molecular flexibility index (Phi) is 3.25. The molecule has 2 fully saturated rings. The molecule has 96 valence electrons. The summed E-state index contributed by atoms with van der Waals surface area (Å²) in [6.07, 6.45) is 4.79. The summed E-state index contributed by atoms with van der Waals surface area (Å²) in [5, 5.41) is 12.8. The van der Waals surface area contributed by atoms with Crippen LogP contribution in [0.4, 0.5) is 0 Å². The van der Waals surface area contributed by atoms with Crippen LogP contribution in [0.2, 0.25) is 0 Å². The van der Waals surface area contributed by atoms with E-state index in [0.29, 0.717) is 16.9 Å². The quantitative estimate of drug-likeness (QED) is 0.813. The highest BCUT2D eigenvalue weighted by Gasteiger charge is 2.63. The molecule has 2 rings (SSSR count). The van der Waals surface area contributed by atoms with Crippen LogP contribution in [0.15, 0.2) is 0 Å². The van der Waals surface area contributed by atoms with E-state index in [1.54, 1.807) is 0 Å². The fourth-order valence-corrected chi connectivity index (χ4v) is 3.64. The van der Waals surface area contributed by atoms with Crippen molar-refractivity contribution >= 4 is 0 Å². The van der Waals surface area contributed by atoms with Gasteiger partial charge in [0.05, 0.1) is 12.0 Å². The molecule has 2 aliphatic rings. The molecule has 0 amide bonds. The Morgan fingerprint density at radius 2 is 1.71 bits per heavy atom. The van der Waals surface area contributed by atoms with Crippen LogP contribution in [-0.4, -0.2) is 12.6 Å². The Bertz CT molecular complexity index is 310. The van der Waals surface area contributed by atoms with Gasteiger partial charge in [-0.1, -0.05) is 40.5 Å². The number of hydrogen-bond acceptors (Lipinski definition) is 2. The maximum absolute atomic E-state index is 9.16. The van der Waals surface area contributed by atoms with Gasteiger partial charge >= 0.3 is 0 Å². The third-order valence-electron chi connectivity index (χ3n) is 5.84. The average Bonchev–Trinajstić information content (AvgIpc) is 2.67.